The lowest BCUT2D eigenvalue weighted by Gasteiger charge is -2.67. The maximum atomic E-state index is 15.8. The molecule has 3 aliphatic carbocycles. The molecule has 2 saturated carbocycles. The largest absolute Gasteiger partial charge is 0.455 e. The second kappa shape index (κ2) is 15.5. The van der Waals surface area contributed by atoms with E-state index in [1.165, 1.54) is 44.2 Å². The highest BCUT2D eigenvalue weighted by atomic mass is 16.6. The third-order valence-corrected chi connectivity index (χ3v) is 13.6. The lowest BCUT2D eigenvalue weighted by molar-refractivity contribution is -0.345. The Balaban J connectivity index is 1.31. The predicted octanol–water partition coefficient (Wildman–Crippen LogP) is 6.36. The van der Waals surface area contributed by atoms with Gasteiger partial charge in [0.1, 0.15) is 23.9 Å². The first-order valence-electron chi connectivity index (χ1n) is 20.4. The van der Waals surface area contributed by atoms with Gasteiger partial charge in [-0.15, -0.1) is 0 Å². The summed E-state index contributed by atoms with van der Waals surface area (Å²) in [7, 11) is 0. The number of esters is 4. The van der Waals surface area contributed by atoms with Crippen molar-refractivity contribution in [3.63, 3.8) is 0 Å². The number of ketones is 1. The normalized spacial score (nSPS) is 31.4. The summed E-state index contributed by atoms with van der Waals surface area (Å²) in [6, 6.07) is 29.6. The van der Waals surface area contributed by atoms with E-state index in [0.29, 0.717) is 5.57 Å². The highest BCUT2D eigenvalue weighted by Crippen LogP contribution is 2.64. The average Bonchev–Trinajstić information content (AvgIpc) is 3.24. The van der Waals surface area contributed by atoms with Crippen molar-refractivity contribution in [2.75, 3.05) is 6.61 Å². The van der Waals surface area contributed by atoms with Crippen LogP contribution in [-0.2, 0) is 38.1 Å². The minimum atomic E-state index is -2.27. The Morgan fingerprint density at radius 2 is 1.41 bits per heavy atom. The Hall–Kier alpha value is -5.95. The SMILES string of the molecule is CC(=O)O[C@@]12CO[C@@H]1C[C@H](O)[C@@]1(C)C(=O)[C@H](OC(=O)c3ccccc3)C3=C(C)[C@@H](OC(=O)/C=C/c4ccc5ccccc5c4)C[C@@](O)([C@@H](OC(=O)c4ccccc4)[C@H]21)C3(C)C. The van der Waals surface area contributed by atoms with Gasteiger partial charge in [0.2, 0.25) is 0 Å². The van der Waals surface area contributed by atoms with Crippen molar-refractivity contribution in [2.45, 2.75) is 89.2 Å². The number of hydrogen-bond donors (Lipinski definition) is 2. The molecule has 12 nitrogen and oxygen atoms in total. The van der Waals surface area contributed by atoms with Crippen LogP contribution in [0, 0.1) is 16.7 Å². The monoisotopic (exact) mass is 828 g/mol. The standard InChI is InChI=1S/C49H48O12/c1-28-35(58-38(52)23-21-30-20-22-31-14-12-13-19-34(31)24-30)26-49(56)43(60-45(55)33-17-10-7-11-18-33)41-47(5,36(51)25-37-48(41,27-57-37)61-29(2)50)42(53)40(39(28)46(49,3)4)59-44(54)32-15-8-6-9-16-32/h6-24,35-37,40-41,43,51,56H,25-27H2,1-5H3/b23-21+/t35-,36-,37+,40+,41-,43-,47+,48-,49+/m0/s1. The van der Waals surface area contributed by atoms with Crippen LogP contribution >= 0.6 is 0 Å². The molecule has 0 radical (unpaired) electrons. The van der Waals surface area contributed by atoms with Crippen molar-refractivity contribution < 1.29 is 57.9 Å². The highest BCUT2D eigenvalue weighted by Gasteiger charge is 2.78. The molecule has 4 aromatic rings. The van der Waals surface area contributed by atoms with Crippen LogP contribution in [0.1, 0.15) is 73.7 Å². The highest BCUT2D eigenvalue weighted by molar-refractivity contribution is 5.98. The molecule has 2 N–H and O–H groups in total. The number of carbonyl (C=O) groups excluding carboxylic acids is 5. The molecule has 4 aliphatic rings. The summed E-state index contributed by atoms with van der Waals surface area (Å²) in [5, 5.41) is 27.9. The molecule has 8 rings (SSSR count). The van der Waals surface area contributed by atoms with Gasteiger partial charge in [-0.05, 0) is 77.7 Å². The summed E-state index contributed by atoms with van der Waals surface area (Å²) in [5.74, 6) is -5.53. The van der Waals surface area contributed by atoms with Gasteiger partial charge in [-0.3, -0.25) is 9.59 Å². The molecule has 2 bridgehead atoms. The molecule has 12 heteroatoms. The van der Waals surface area contributed by atoms with E-state index in [4.69, 9.17) is 23.7 Å². The Morgan fingerprint density at radius 3 is 2.02 bits per heavy atom. The van der Waals surface area contributed by atoms with Crippen molar-refractivity contribution in [1.29, 1.82) is 0 Å². The van der Waals surface area contributed by atoms with Gasteiger partial charge in [0.05, 0.1) is 35.2 Å². The minimum absolute atomic E-state index is 0.105. The molecule has 1 heterocycles. The Labute approximate surface area is 353 Å². The molecule has 0 spiro atoms. The topological polar surface area (TPSA) is 172 Å². The number of fused-ring (bicyclic) bond motifs is 6. The molecule has 1 aliphatic heterocycles. The molecular weight excluding hydrogens is 781 g/mol. The zero-order valence-corrected chi connectivity index (χ0v) is 34.5. The van der Waals surface area contributed by atoms with E-state index in [1.807, 2.05) is 42.5 Å². The molecular formula is C49H48O12. The van der Waals surface area contributed by atoms with E-state index >= 15 is 4.79 Å². The Morgan fingerprint density at radius 1 is 0.803 bits per heavy atom. The smallest absolute Gasteiger partial charge is 0.339 e. The number of rotatable bonds is 8. The second-order valence-corrected chi connectivity index (χ2v) is 17.3. The lowest BCUT2D eigenvalue weighted by atomic mass is 9.44. The van der Waals surface area contributed by atoms with E-state index in [0.717, 1.165) is 16.3 Å². The van der Waals surface area contributed by atoms with Crippen molar-refractivity contribution in [1.82, 2.24) is 0 Å². The number of Topliss-reactive ketones (excluding diaryl/α,β-unsaturated/α-hetero) is 1. The molecule has 9 atom stereocenters. The summed E-state index contributed by atoms with van der Waals surface area (Å²) in [4.78, 5) is 71.0. The van der Waals surface area contributed by atoms with Gasteiger partial charge in [-0.2, -0.15) is 0 Å². The zero-order chi connectivity index (χ0) is 43.5. The van der Waals surface area contributed by atoms with Crippen LogP contribution < -0.4 is 0 Å². The molecule has 0 amide bonds. The number of aliphatic hydroxyl groups excluding tert-OH is 1. The summed E-state index contributed by atoms with van der Waals surface area (Å²) in [5.41, 5.74) is -6.18. The average molecular weight is 829 g/mol. The molecule has 0 aromatic heterocycles. The van der Waals surface area contributed by atoms with Gasteiger partial charge in [-0.1, -0.05) is 86.6 Å². The van der Waals surface area contributed by atoms with Crippen molar-refractivity contribution in [2.24, 2.45) is 16.7 Å². The van der Waals surface area contributed by atoms with Gasteiger partial charge in [0.25, 0.3) is 0 Å². The summed E-state index contributed by atoms with van der Waals surface area (Å²) in [6.07, 6.45) is -4.96. The van der Waals surface area contributed by atoms with E-state index in [2.05, 4.69) is 0 Å². The Bertz CT molecular complexity index is 2470. The number of carbonyl (C=O) groups is 5. The third kappa shape index (κ3) is 6.86. The van der Waals surface area contributed by atoms with Gasteiger partial charge in [0.15, 0.2) is 17.5 Å². The first kappa shape index (κ1) is 41.8. The summed E-state index contributed by atoms with van der Waals surface area (Å²) >= 11 is 0. The lowest BCUT2D eigenvalue weighted by Crippen LogP contribution is -2.82. The van der Waals surface area contributed by atoms with E-state index in [9.17, 15) is 29.4 Å². The van der Waals surface area contributed by atoms with E-state index < -0.39 is 88.1 Å². The zero-order valence-electron chi connectivity index (χ0n) is 34.5. The van der Waals surface area contributed by atoms with Crippen LogP contribution in [-0.4, -0.2) is 88.2 Å². The molecule has 316 valence electrons. The van der Waals surface area contributed by atoms with Crippen molar-refractivity contribution in [3.8, 4) is 0 Å². The van der Waals surface area contributed by atoms with Crippen LogP contribution in [0.25, 0.3) is 16.8 Å². The van der Waals surface area contributed by atoms with E-state index in [-0.39, 0.29) is 36.1 Å². The first-order valence-corrected chi connectivity index (χ1v) is 20.4. The predicted molar refractivity (Wildman–Crippen MR) is 222 cm³/mol. The summed E-state index contributed by atoms with van der Waals surface area (Å²) in [6.45, 7) is 7.30. The molecule has 3 fully saturated rings. The minimum Gasteiger partial charge on any atom is -0.455 e. The van der Waals surface area contributed by atoms with Crippen LogP contribution in [0.5, 0.6) is 0 Å². The number of hydrogen-bond acceptors (Lipinski definition) is 12. The second-order valence-electron chi connectivity index (χ2n) is 17.3. The van der Waals surface area contributed by atoms with Gasteiger partial charge in [-0.25, -0.2) is 14.4 Å². The third-order valence-electron chi connectivity index (χ3n) is 13.6. The molecule has 0 unspecified atom stereocenters. The van der Waals surface area contributed by atoms with Gasteiger partial charge < -0.3 is 33.9 Å². The fraction of sp³-hybridized carbons (Fsp3) is 0.367. The number of ether oxygens (including phenoxy) is 5. The van der Waals surface area contributed by atoms with Crippen LogP contribution in [0.3, 0.4) is 0 Å². The quantitative estimate of drug-likeness (QED) is 0.0873. The van der Waals surface area contributed by atoms with Crippen molar-refractivity contribution >= 4 is 46.5 Å². The Kier molecular flexibility index (Phi) is 10.6. The maximum Gasteiger partial charge on any atom is 0.339 e. The van der Waals surface area contributed by atoms with Crippen LogP contribution in [0.15, 0.2) is 120 Å². The van der Waals surface area contributed by atoms with Crippen LogP contribution in [0.2, 0.25) is 0 Å². The van der Waals surface area contributed by atoms with Crippen molar-refractivity contribution in [3.05, 3.63) is 137 Å². The van der Waals surface area contributed by atoms with Crippen LogP contribution in [0.4, 0.5) is 0 Å². The van der Waals surface area contributed by atoms with Gasteiger partial charge >= 0.3 is 23.9 Å². The van der Waals surface area contributed by atoms with E-state index in [1.54, 1.807) is 63.2 Å². The van der Waals surface area contributed by atoms with Gasteiger partial charge in [0, 0.05) is 31.3 Å². The number of benzene rings is 4. The molecule has 1 saturated heterocycles. The molecule has 61 heavy (non-hydrogen) atoms. The fourth-order valence-electron chi connectivity index (χ4n) is 10.3. The number of aliphatic hydroxyl groups is 2. The molecule has 4 aromatic carbocycles. The first-order chi connectivity index (χ1) is 29.0. The fourth-order valence-corrected chi connectivity index (χ4v) is 10.3. The maximum absolute atomic E-state index is 15.8. The summed E-state index contributed by atoms with van der Waals surface area (Å²) < 4.78 is 30.9.